The zero-order valence-electron chi connectivity index (χ0n) is 30.9. The minimum Gasteiger partial charge on any atom is -0.456 e. The Bertz CT molecular complexity index is 3510. The predicted octanol–water partition coefficient (Wildman–Crippen LogP) is 14.8. The van der Waals surface area contributed by atoms with Crippen molar-refractivity contribution in [1.29, 1.82) is 0 Å². The van der Waals surface area contributed by atoms with Gasteiger partial charge < -0.3 is 13.6 Å². The molecular formula is C54H34N2O. The van der Waals surface area contributed by atoms with Crippen LogP contribution in [0.2, 0.25) is 0 Å². The van der Waals surface area contributed by atoms with Gasteiger partial charge >= 0.3 is 0 Å². The molecule has 0 radical (unpaired) electrons. The number of para-hydroxylation sites is 2. The molecular weight excluding hydrogens is 693 g/mol. The Labute approximate surface area is 328 Å². The summed E-state index contributed by atoms with van der Waals surface area (Å²) >= 11 is 0. The molecule has 0 spiro atoms. The van der Waals surface area contributed by atoms with Crippen LogP contribution in [0.15, 0.2) is 211 Å². The Hall–Kier alpha value is -7.62. The molecule has 3 aromatic heterocycles. The molecule has 0 aliphatic heterocycles. The average molecular weight is 727 g/mol. The van der Waals surface area contributed by atoms with Gasteiger partial charge in [0.2, 0.25) is 0 Å². The monoisotopic (exact) mass is 726 g/mol. The zero-order chi connectivity index (χ0) is 37.5. The Morgan fingerprint density at radius 3 is 1.37 bits per heavy atom. The number of rotatable bonds is 5. The molecule has 12 rings (SSSR count). The maximum atomic E-state index is 6.46. The largest absolute Gasteiger partial charge is 0.456 e. The van der Waals surface area contributed by atoms with Crippen molar-refractivity contribution in [3.8, 4) is 44.8 Å². The van der Waals surface area contributed by atoms with Gasteiger partial charge in [0, 0.05) is 43.7 Å². The molecule has 266 valence electrons. The normalized spacial score (nSPS) is 11.9. The fourth-order valence-electron chi connectivity index (χ4n) is 9.04. The Kier molecular flexibility index (Phi) is 6.93. The van der Waals surface area contributed by atoms with Gasteiger partial charge in [-0.15, -0.1) is 0 Å². The third kappa shape index (κ3) is 4.99. The van der Waals surface area contributed by atoms with Crippen LogP contribution in [-0.4, -0.2) is 9.13 Å². The number of fused-ring (bicyclic) bond motifs is 9. The van der Waals surface area contributed by atoms with Crippen LogP contribution in [0.25, 0.3) is 110 Å². The highest BCUT2D eigenvalue weighted by atomic mass is 16.3. The van der Waals surface area contributed by atoms with Crippen LogP contribution in [0.5, 0.6) is 0 Å². The lowest BCUT2D eigenvalue weighted by atomic mass is 10.0. The van der Waals surface area contributed by atoms with E-state index in [-0.39, 0.29) is 0 Å². The van der Waals surface area contributed by atoms with E-state index >= 15 is 0 Å². The Morgan fingerprint density at radius 1 is 0.246 bits per heavy atom. The van der Waals surface area contributed by atoms with Crippen molar-refractivity contribution >= 4 is 65.6 Å². The number of hydrogen-bond acceptors (Lipinski definition) is 1. The highest BCUT2D eigenvalue weighted by molar-refractivity contribution is 6.18. The molecule has 0 atom stereocenters. The van der Waals surface area contributed by atoms with E-state index in [0.717, 1.165) is 44.3 Å². The molecule has 3 nitrogen and oxygen atoms in total. The molecule has 3 heteroatoms. The summed E-state index contributed by atoms with van der Waals surface area (Å²) in [5.41, 5.74) is 15.9. The quantitative estimate of drug-likeness (QED) is 0.173. The Morgan fingerprint density at radius 2 is 0.719 bits per heavy atom. The summed E-state index contributed by atoms with van der Waals surface area (Å²) in [6.07, 6.45) is 0. The molecule has 12 aromatic rings. The smallest absolute Gasteiger partial charge is 0.136 e. The van der Waals surface area contributed by atoms with Gasteiger partial charge in [0.05, 0.1) is 22.1 Å². The van der Waals surface area contributed by atoms with E-state index in [1.54, 1.807) is 0 Å². The molecule has 0 amide bonds. The van der Waals surface area contributed by atoms with Gasteiger partial charge in [-0.3, -0.25) is 0 Å². The first-order valence-corrected chi connectivity index (χ1v) is 19.5. The molecule has 0 bridgehead atoms. The van der Waals surface area contributed by atoms with Crippen LogP contribution in [0.4, 0.5) is 0 Å². The topological polar surface area (TPSA) is 23.0 Å². The fraction of sp³-hybridized carbons (Fsp3) is 0. The van der Waals surface area contributed by atoms with Crippen molar-refractivity contribution in [3.05, 3.63) is 206 Å². The molecule has 9 aromatic carbocycles. The van der Waals surface area contributed by atoms with Crippen molar-refractivity contribution < 1.29 is 4.42 Å². The van der Waals surface area contributed by atoms with E-state index in [9.17, 15) is 0 Å². The summed E-state index contributed by atoms with van der Waals surface area (Å²) in [7, 11) is 0. The van der Waals surface area contributed by atoms with E-state index < -0.39 is 0 Å². The first-order chi connectivity index (χ1) is 28.2. The first kappa shape index (κ1) is 31.7. The summed E-state index contributed by atoms with van der Waals surface area (Å²) in [6.45, 7) is 0. The lowest BCUT2D eigenvalue weighted by molar-refractivity contribution is 0.669. The summed E-state index contributed by atoms with van der Waals surface area (Å²) in [4.78, 5) is 0. The Balaban J connectivity index is 1.06. The third-order valence-electron chi connectivity index (χ3n) is 11.7. The molecule has 0 saturated heterocycles. The van der Waals surface area contributed by atoms with Crippen molar-refractivity contribution in [3.63, 3.8) is 0 Å². The second kappa shape index (κ2) is 12.5. The lowest BCUT2D eigenvalue weighted by Gasteiger charge is -2.11. The highest BCUT2D eigenvalue weighted by Gasteiger charge is 2.19. The number of nitrogens with zero attached hydrogens (tertiary/aromatic N) is 2. The molecule has 0 aliphatic rings. The maximum Gasteiger partial charge on any atom is 0.136 e. The van der Waals surface area contributed by atoms with Gasteiger partial charge in [-0.05, 0) is 106 Å². The zero-order valence-corrected chi connectivity index (χ0v) is 30.9. The van der Waals surface area contributed by atoms with Gasteiger partial charge in [-0.25, -0.2) is 0 Å². The number of hydrogen-bond donors (Lipinski definition) is 0. The van der Waals surface area contributed by atoms with E-state index in [2.05, 4.69) is 209 Å². The van der Waals surface area contributed by atoms with Crippen LogP contribution < -0.4 is 0 Å². The summed E-state index contributed by atoms with van der Waals surface area (Å²) in [5, 5.41) is 7.08. The third-order valence-corrected chi connectivity index (χ3v) is 11.7. The second-order valence-corrected chi connectivity index (χ2v) is 14.9. The number of furan rings is 1. The first-order valence-electron chi connectivity index (χ1n) is 19.5. The summed E-state index contributed by atoms with van der Waals surface area (Å²) in [5.74, 6) is 0. The van der Waals surface area contributed by atoms with Gasteiger partial charge in [-0.2, -0.15) is 0 Å². The van der Waals surface area contributed by atoms with Crippen LogP contribution in [0.3, 0.4) is 0 Å². The van der Waals surface area contributed by atoms with Crippen LogP contribution in [0, 0.1) is 0 Å². The van der Waals surface area contributed by atoms with E-state index in [1.807, 2.05) is 6.07 Å². The average Bonchev–Trinajstić information content (AvgIpc) is 3.93. The van der Waals surface area contributed by atoms with Gasteiger partial charge in [0.1, 0.15) is 11.2 Å². The van der Waals surface area contributed by atoms with Crippen molar-refractivity contribution in [2.24, 2.45) is 0 Å². The fourth-order valence-corrected chi connectivity index (χ4v) is 9.04. The van der Waals surface area contributed by atoms with E-state index in [1.165, 1.54) is 66.0 Å². The van der Waals surface area contributed by atoms with Crippen molar-refractivity contribution in [2.75, 3.05) is 0 Å². The molecule has 0 unspecified atom stereocenters. The van der Waals surface area contributed by atoms with Crippen LogP contribution in [-0.2, 0) is 0 Å². The van der Waals surface area contributed by atoms with Crippen molar-refractivity contribution in [2.45, 2.75) is 0 Å². The molecule has 3 heterocycles. The van der Waals surface area contributed by atoms with Crippen LogP contribution >= 0.6 is 0 Å². The van der Waals surface area contributed by atoms with E-state index in [0.29, 0.717) is 0 Å². The summed E-state index contributed by atoms with van der Waals surface area (Å²) in [6, 6.07) is 74.5. The number of benzene rings is 9. The molecule has 0 aliphatic carbocycles. The standard InChI is InChI=1S/C54H34N2O/c1-3-13-35(14-4-1)37-17-11-19-41(29-37)55-49-23-9-7-21-43(49)45-31-39(25-27-50(45)55)40-26-28-51-46(32-40)47-34-54-48(44-22-8-10-24-53(44)57-54)33-52(47)56(51)42-20-12-18-38(30-42)36-15-5-2-6-16-36/h1-34H. The van der Waals surface area contributed by atoms with Crippen molar-refractivity contribution in [1.82, 2.24) is 9.13 Å². The predicted molar refractivity (Wildman–Crippen MR) is 239 cm³/mol. The van der Waals surface area contributed by atoms with E-state index in [4.69, 9.17) is 4.42 Å². The molecule has 0 fully saturated rings. The minimum absolute atomic E-state index is 0.900. The van der Waals surface area contributed by atoms with Gasteiger partial charge in [-0.1, -0.05) is 133 Å². The van der Waals surface area contributed by atoms with Crippen LogP contribution in [0.1, 0.15) is 0 Å². The van der Waals surface area contributed by atoms with Gasteiger partial charge in [0.15, 0.2) is 0 Å². The second-order valence-electron chi connectivity index (χ2n) is 14.9. The molecule has 0 saturated carbocycles. The molecule has 0 N–H and O–H groups in total. The SMILES string of the molecule is c1ccc(-c2cccc(-n3c4ccccc4c4cc(-c5ccc6c(c5)c5cc7oc8ccccc8c7cc5n6-c5cccc(-c6ccccc6)c5)ccc43)c2)cc1. The summed E-state index contributed by atoms with van der Waals surface area (Å²) < 4.78 is 11.3. The highest BCUT2D eigenvalue weighted by Crippen LogP contribution is 2.41. The minimum atomic E-state index is 0.900. The lowest BCUT2D eigenvalue weighted by Crippen LogP contribution is -1.94. The maximum absolute atomic E-state index is 6.46. The van der Waals surface area contributed by atoms with Gasteiger partial charge in [0.25, 0.3) is 0 Å². The molecule has 57 heavy (non-hydrogen) atoms. The number of aromatic nitrogens is 2.